The first kappa shape index (κ1) is 29.8. The fraction of sp³-hybridized carbons (Fsp3) is 0.531. The van der Waals surface area contributed by atoms with Crippen molar-refractivity contribution in [3.8, 4) is 0 Å². The molecule has 1 aromatic carbocycles. The van der Waals surface area contributed by atoms with Crippen molar-refractivity contribution < 1.29 is 43.2 Å². The van der Waals surface area contributed by atoms with Crippen LogP contribution in [-0.2, 0) is 28.5 Å². The predicted octanol–water partition coefficient (Wildman–Crippen LogP) is 3.55. The van der Waals surface area contributed by atoms with Crippen molar-refractivity contribution in [3.05, 3.63) is 66.0 Å². The van der Waals surface area contributed by atoms with Gasteiger partial charge in [-0.1, -0.05) is 25.1 Å². The Morgan fingerprint density at radius 3 is 2.17 bits per heavy atom. The van der Waals surface area contributed by atoms with Crippen molar-refractivity contribution in [1.29, 1.82) is 0 Å². The van der Waals surface area contributed by atoms with Crippen molar-refractivity contribution in [2.24, 2.45) is 23.2 Å². The minimum absolute atomic E-state index is 0.184. The van der Waals surface area contributed by atoms with Crippen LogP contribution in [-0.4, -0.2) is 69.4 Å². The third-order valence-electron chi connectivity index (χ3n) is 9.69. The molecule has 5 rings (SSSR count). The number of aliphatic hydroxyl groups excluding tert-OH is 1. The highest BCUT2D eigenvalue weighted by molar-refractivity contribution is 5.98. The Morgan fingerprint density at radius 1 is 0.929 bits per heavy atom. The zero-order valence-electron chi connectivity index (χ0n) is 24.6. The molecule has 1 N–H and O–H groups in total. The Balaban J connectivity index is 1.73. The maximum Gasteiger partial charge on any atom is 0.338 e. The molecule has 1 aromatic heterocycles. The molecule has 1 spiro atoms. The number of benzene rings is 1. The van der Waals surface area contributed by atoms with E-state index < -0.39 is 82.5 Å². The number of ketones is 1. The lowest BCUT2D eigenvalue weighted by Gasteiger charge is -2.64. The van der Waals surface area contributed by atoms with Crippen LogP contribution in [0.15, 0.2) is 54.9 Å². The predicted molar refractivity (Wildman–Crippen MR) is 148 cm³/mol. The van der Waals surface area contributed by atoms with Crippen LogP contribution in [0, 0.1) is 23.2 Å². The highest BCUT2D eigenvalue weighted by Crippen LogP contribution is 2.68. The molecule has 9 atom stereocenters. The standard InChI is InChI=1S/C32H37NO9/c1-17-24(25(36)21-13-10-14-33-16-21)26(39-18(2)34)28(40-19(3)35)31(6)23(41-29(38)20-11-8-7-9-12-20)15-22-27(37)32(17,31)42-30(22,4)5/h7-14,16-17,22-24,26-28,37H,15H2,1-6H3. The molecule has 3 aliphatic rings. The number of fused-ring (bicyclic) bond motifs is 1. The summed E-state index contributed by atoms with van der Waals surface area (Å²) < 4.78 is 24.8. The largest absolute Gasteiger partial charge is 0.458 e. The lowest BCUT2D eigenvalue weighted by molar-refractivity contribution is -0.311. The molecule has 224 valence electrons. The molecule has 3 fully saturated rings. The van der Waals surface area contributed by atoms with Crippen molar-refractivity contribution >= 4 is 23.7 Å². The minimum Gasteiger partial charge on any atom is -0.458 e. The van der Waals surface area contributed by atoms with Crippen LogP contribution in [0.25, 0.3) is 0 Å². The van der Waals surface area contributed by atoms with E-state index in [0.29, 0.717) is 5.56 Å². The van der Waals surface area contributed by atoms with E-state index in [0.717, 1.165) is 0 Å². The van der Waals surface area contributed by atoms with Crippen molar-refractivity contribution in [2.75, 3.05) is 0 Å². The second-order valence-electron chi connectivity index (χ2n) is 12.4. The van der Waals surface area contributed by atoms with E-state index in [2.05, 4.69) is 4.98 Å². The van der Waals surface area contributed by atoms with Gasteiger partial charge in [-0.15, -0.1) is 0 Å². The SMILES string of the molecule is CC(=O)OC1C(C(=O)c2cccnc2)C(C)C23OC(C)(C)C(CC(OC(=O)c4ccccc4)C2(C)C1OC(C)=O)C3O. The lowest BCUT2D eigenvalue weighted by Crippen LogP contribution is -2.78. The first-order valence-corrected chi connectivity index (χ1v) is 14.2. The first-order chi connectivity index (χ1) is 19.8. The molecule has 1 saturated heterocycles. The number of aromatic nitrogens is 1. The van der Waals surface area contributed by atoms with Gasteiger partial charge in [-0.05, 0) is 51.5 Å². The summed E-state index contributed by atoms with van der Waals surface area (Å²) in [5.74, 6) is -4.76. The number of aliphatic hydroxyl groups is 1. The number of ether oxygens (including phenoxy) is 4. The molecule has 2 aromatic rings. The smallest absolute Gasteiger partial charge is 0.338 e. The lowest BCUT2D eigenvalue weighted by atomic mass is 9.45. The molecule has 10 nitrogen and oxygen atoms in total. The van der Waals surface area contributed by atoms with Gasteiger partial charge in [0.05, 0.1) is 28.6 Å². The third kappa shape index (κ3) is 4.43. The number of carbonyl (C=O) groups excluding carboxylic acids is 4. The molecule has 2 heterocycles. The number of rotatable bonds is 6. The first-order valence-electron chi connectivity index (χ1n) is 14.2. The topological polar surface area (TPSA) is 138 Å². The van der Waals surface area contributed by atoms with Gasteiger partial charge in [0.15, 0.2) is 11.9 Å². The van der Waals surface area contributed by atoms with Gasteiger partial charge in [0, 0.05) is 43.6 Å². The highest BCUT2D eigenvalue weighted by atomic mass is 16.6. The Bertz CT molecular complexity index is 1380. The summed E-state index contributed by atoms with van der Waals surface area (Å²) in [7, 11) is 0. The van der Waals surface area contributed by atoms with Gasteiger partial charge in [-0.2, -0.15) is 0 Å². The third-order valence-corrected chi connectivity index (χ3v) is 9.69. The van der Waals surface area contributed by atoms with E-state index in [4.69, 9.17) is 18.9 Å². The number of hydrogen-bond donors (Lipinski definition) is 1. The molecular formula is C32H37NO9. The van der Waals surface area contributed by atoms with E-state index in [9.17, 15) is 24.3 Å². The Labute approximate surface area is 244 Å². The second kappa shape index (κ2) is 10.6. The van der Waals surface area contributed by atoms with Crippen molar-refractivity contribution in [3.63, 3.8) is 0 Å². The van der Waals surface area contributed by atoms with Crippen LogP contribution >= 0.6 is 0 Å². The molecule has 2 saturated carbocycles. The van der Waals surface area contributed by atoms with E-state index in [1.165, 1.54) is 26.2 Å². The average molecular weight is 580 g/mol. The normalized spacial score (nSPS) is 36.3. The molecule has 42 heavy (non-hydrogen) atoms. The quantitative estimate of drug-likeness (QED) is 0.307. The summed E-state index contributed by atoms with van der Waals surface area (Å²) in [6.07, 6.45) is -1.54. The van der Waals surface area contributed by atoms with Crippen LogP contribution in [0.3, 0.4) is 0 Å². The van der Waals surface area contributed by atoms with Gasteiger partial charge < -0.3 is 24.1 Å². The molecule has 1 aliphatic heterocycles. The summed E-state index contributed by atoms with van der Waals surface area (Å²) in [5.41, 5.74) is -3.31. The number of nitrogens with zero attached hydrogens (tertiary/aromatic N) is 1. The van der Waals surface area contributed by atoms with Crippen LogP contribution in [0.2, 0.25) is 0 Å². The van der Waals surface area contributed by atoms with Crippen LogP contribution in [0.5, 0.6) is 0 Å². The highest BCUT2D eigenvalue weighted by Gasteiger charge is 2.81. The maximum atomic E-state index is 14.2. The Hall–Kier alpha value is -3.63. The fourth-order valence-electron chi connectivity index (χ4n) is 7.87. The van der Waals surface area contributed by atoms with Gasteiger partial charge in [0.2, 0.25) is 0 Å². The molecule has 0 amide bonds. The van der Waals surface area contributed by atoms with E-state index in [1.54, 1.807) is 56.3 Å². The van der Waals surface area contributed by atoms with Gasteiger partial charge in [-0.25, -0.2) is 4.79 Å². The van der Waals surface area contributed by atoms with Crippen molar-refractivity contribution in [2.45, 2.75) is 83.6 Å². The minimum atomic E-state index is -1.54. The molecule has 10 heteroatoms. The van der Waals surface area contributed by atoms with Gasteiger partial charge in [0.25, 0.3) is 0 Å². The summed E-state index contributed by atoms with van der Waals surface area (Å²) in [5, 5.41) is 12.1. The van der Waals surface area contributed by atoms with E-state index >= 15 is 0 Å². The summed E-state index contributed by atoms with van der Waals surface area (Å²) in [6.45, 7) is 9.61. The molecule has 2 bridgehead atoms. The maximum absolute atomic E-state index is 14.2. The summed E-state index contributed by atoms with van der Waals surface area (Å²) >= 11 is 0. The number of carbonyl (C=O) groups is 4. The van der Waals surface area contributed by atoms with E-state index in [1.807, 2.05) is 13.8 Å². The van der Waals surface area contributed by atoms with E-state index in [-0.39, 0.29) is 12.0 Å². The van der Waals surface area contributed by atoms with Crippen LogP contribution in [0.1, 0.15) is 68.7 Å². The molecular weight excluding hydrogens is 542 g/mol. The fourth-order valence-corrected chi connectivity index (χ4v) is 7.87. The number of pyridine rings is 1. The summed E-state index contributed by atoms with van der Waals surface area (Å²) in [4.78, 5) is 57.0. The van der Waals surface area contributed by atoms with Crippen molar-refractivity contribution in [1.82, 2.24) is 4.98 Å². The Morgan fingerprint density at radius 2 is 1.57 bits per heavy atom. The second-order valence-corrected chi connectivity index (χ2v) is 12.4. The number of Topliss-reactive ketones (excluding diaryl/α,β-unsaturated/α-hetero) is 1. The number of esters is 3. The monoisotopic (exact) mass is 579 g/mol. The van der Waals surface area contributed by atoms with Gasteiger partial charge >= 0.3 is 17.9 Å². The van der Waals surface area contributed by atoms with Crippen LogP contribution in [0.4, 0.5) is 0 Å². The van der Waals surface area contributed by atoms with Gasteiger partial charge in [-0.3, -0.25) is 19.4 Å². The Kier molecular flexibility index (Phi) is 7.52. The summed E-state index contributed by atoms with van der Waals surface area (Å²) in [6, 6.07) is 11.7. The van der Waals surface area contributed by atoms with Crippen LogP contribution < -0.4 is 0 Å². The zero-order chi connectivity index (χ0) is 30.6. The zero-order valence-corrected chi connectivity index (χ0v) is 24.6. The average Bonchev–Trinajstić information content (AvgIpc) is 3.10. The number of hydrogen-bond acceptors (Lipinski definition) is 10. The molecule has 0 radical (unpaired) electrons. The molecule has 9 unspecified atom stereocenters. The molecule has 2 aliphatic carbocycles. The van der Waals surface area contributed by atoms with Gasteiger partial charge in [0.1, 0.15) is 17.8 Å².